The summed E-state index contributed by atoms with van der Waals surface area (Å²) in [7, 11) is -3.98. The lowest BCUT2D eigenvalue weighted by Gasteiger charge is -2.06. The topological polar surface area (TPSA) is 118 Å². The molecule has 0 spiro atoms. The first-order valence-corrected chi connectivity index (χ1v) is 8.20. The predicted octanol–water partition coefficient (Wildman–Crippen LogP) is 0.785. The number of H-pyrrole nitrogens is 1. The molecule has 0 unspecified atom stereocenters. The van der Waals surface area contributed by atoms with E-state index in [1.807, 2.05) is 0 Å². The van der Waals surface area contributed by atoms with E-state index in [4.69, 9.17) is 5.14 Å². The number of nitrogens with zero attached hydrogens (tertiary/aromatic N) is 1. The van der Waals surface area contributed by atoms with Gasteiger partial charge in [0.2, 0.25) is 10.0 Å². The molecule has 7 nitrogen and oxygen atoms in total. The Morgan fingerprint density at radius 1 is 1.45 bits per heavy atom. The second-order valence-corrected chi connectivity index (χ2v) is 6.57. The summed E-state index contributed by atoms with van der Waals surface area (Å²) in [6.07, 6.45) is 2.22. The number of aromatic nitrogens is 2. The van der Waals surface area contributed by atoms with Crippen molar-refractivity contribution >= 4 is 15.9 Å². The fourth-order valence-corrected chi connectivity index (χ4v) is 2.81. The van der Waals surface area contributed by atoms with Crippen LogP contribution in [0.3, 0.4) is 0 Å². The van der Waals surface area contributed by atoms with Crippen molar-refractivity contribution in [3.63, 3.8) is 0 Å². The Hall–Kier alpha value is -1.41. The maximum Gasteiger partial charge on any atom is 0.273 e. The fourth-order valence-electron chi connectivity index (χ4n) is 1.86. The van der Waals surface area contributed by atoms with Crippen LogP contribution in [0.15, 0.2) is 4.90 Å². The lowest BCUT2D eigenvalue weighted by atomic mass is 10.1. The average Bonchev–Trinajstić information content (AvgIpc) is 2.77. The number of amides is 1. The van der Waals surface area contributed by atoms with Gasteiger partial charge in [-0.05, 0) is 25.2 Å². The highest BCUT2D eigenvalue weighted by molar-refractivity contribution is 7.89. The monoisotopic (exact) mass is 302 g/mol. The standard InChI is InChI=1S/C12H22N4O3S/c1-4-9-11(20(13,18)19)10(16-15-9)12(17)14-7-5-6-8(2)3/h8H,4-7H2,1-3H3,(H,14,17)(H,15,16)(H2,13,18,19). The molecule has 0 aliphatic rings. The molecular weight excluding hydrogens is 280 g/mol. The molecule has 4 N–H and O–H groups in total. The third-order valence-corrected chi connectivity index (χ3v) is 3.90. The first-order valence-electron chi connectivity index (χ1n) is 6.65. The Kier molecular flexibility index (Phi) is 5.70. The van der Waals surface area contributed by atoms with Crippen LogP contribution in [0.5, 0.6) is 0 Å². The Morgan fingerprint density at radius 3 is 2.60 bits per heavy atom. The second-order valence-electron chi connectivity index (χ2n) is 5.07. The van der Waals surface area contributed by atoms with Gasteiger partial charge in [0.1, 0.15) is 4.90 Å². The Morgan fingerprint density at radius 2 is 2.10 bits per heavy atom. The molecule has 20 heavy (non-hydrogen) atoms. The van der Waals surface area contributed by atoms with Crippen molar-refractivity contribution in [3.8, 4) is 0 Å². The lowest BCUT2D eigenvalue weighted by Crippen LogP contribution is -2.27. The summed E-state index contributed by atoms with van der Waals surface area (Å²) < 4.78 is 23.1. The highest BCUT2D eigenvalue weighted by Crippen LogP contribution is 2.17. The number of primary sulfonamides is 1. The number of carbonyl (C=O) groups is 1. The van der Waals surface area contributed by atoms with Crippen LogP contribution in [0.25, 0.3) is 0 Å². The molecule has 114 valence electrons. The molecule has 1 aromatic heterocycles. The largest absolute Gasteiger partial charge is 0.351 e. The van der Waals surface area contributed by atoms with Gasteiger partial charge in [0.15, 0.2) is 5.69 Å². The number of aromatic amines is 1. The fraction of sp³-hybridized carbons (Fsp3) is 0.667. The van der Waals surface area contributed by atoms with Gasteiger partial charge < -0.3 is 5.32 Å². The van der Waals surface area contributed by atoms with E-state index in [2.05, 4.69) is 29.4 Å². The van der Waals surface area contributed by atoms with Crippen LogP contribution in [0, 0.1) is 5.92 Å². The summed E-state index contributed by atoms with van der Waals surface area (Å²) >= 11 is 0. The summed E-state index contributed by atoms with van der Waals surface area (Å²) in [6.45, 7) is 6.44. The van der Waals surface area contributed by atoms with Gasteiger partial charge in [-0.25, -0.2) is 13.6 Å². The maximum atomic E-state index is 12.0. The van der Waals surface area contributed by atoms with Gasteiger partial charge in [-0.15, -0.1) is 0 Å². The van der Waals surface area contributed by atoms with E-state index < -0.39 is 15.9 Å². The summed E-state index contributed by atoms with van der Waals surface area (Å²) in [6, 6.07) is 0. The zero-order valence-electron chi connectivity index (χ0n) is 12.1. The minimum Gasteiger partial charge on any atom is -0.351 e. The summed E-state index contributed by atoms with van der Waals surface area (Å²) in [5.74, 6) is 0.0395. The van der Waals surface area contributed by atoms with E-state index in [0.29, 0.717) is 24.6 Å². The van der Waals surface area contributed by atoms with Crippen LogP contribution >= 0.6 is 0 Å². The molecule has 0 bridgehead atoms. The van der Waals surface area contributed by atoms with Crippen LogP contribution in [-0.4, -0.2) is 31.1 Å². The average molecular weight is 302 g/mol. The first-order chi connectivity index (χ1) is 9.27. The van der Waals surface area contributed by atoms with Gasteiger partial charge in [-0.3, -0.25) is 9.89 Å². The number of hydrogen-bond donors (Lipinski definition) is 3. The first kappa shape index (κ1) is 16.6. The number of rotatable bonds is 7. The van der Waals surface area contributed by atoms with E-state index in [1.165, 1.54) is 0 Å². The molecule has 0 saturated heterocycles. The molecule has 0 aliphatic heterocycles. The quantitative estimate of drug-likeness (QED) is 0.645. The molecule has 0 fully saturated rings. The third-order valence-electron chi connectivity index (χ3n) is 2.89. The minimum absolute atomic E-state index is 0.158. The Balaban J connectivity index is 2.81. The summed E-state index contributed by atoms with van der Waals surface area (Å²) in [5, 5.41) is 14.1. The summed E-state index contributed by atoms with van der Waals surface area (Å²) in [4.78, 5) is 11.8. The van der Waals surface area contributed by atoms with Gasteiger partial charge >= 0.3 is 0 Å². The molecule has 0 radical (unpaired) electrons. The molecule has 8 heteroatoms. The van der Waals surface area contributed by atoms with E-state index >= 15 is 0 Å². The molecule has 1 rings (SSSR count). The third kappa shape index (κ3) is 4.31. The van der Waals surface area contributed by atoms with Gasteiger partial charge in [0.25, 0.3) is 5.91 Å². The van der Waals surface area contributed by atoms with Gasteiger partial charge in [-0.1, -0.05) is 20.8 Å². The minimum atomic E-state index is -3.98. The van der Waals surface area contributed by atoms with Crippen molar-refractivity contribution in [2.24, 2.45) is 11.1 Å². The van der Waals surface area contributed by atoms with Gasteiger partial charge in [0, 0.05) is 6.54 Å². The van der Waals surface area contributed by atoms with Crippen LogP contribution < -0.4 is 10.5 Å². The van der Waals surface area contributed by atoms with E-state index in [-0.39, 0.29) is 10.6 Å². The molecule has 1 aromatic rings. The number of sulfonamides is 1. The Bertz CT molecular complexity index is 563. The van der Waals surface area contributed by atoms with Gasteiger partial charge in [0.05, 0.1) is 5.69 Å². The molecule has 0 aliphatic carbocycles. The zero-order valence-corrected chi connectivity index (χ0v) is 12.9. The number of carbonyl (C=O) groups excluding carboxylic acids is 1. The van der Waals surface area contributed by atoms with Crippen molar-refractivity contribution in [1.82, 2.24) is 15.5 Å². The number of nitrogens with one attached hydrogen (secondary N) is 2. The molecule has 1 amide bonds. The lowest BCUT2D eigenvalue weighted by molar-refractivity contribution is 0.0944. The SMILES string of the molecule is CCc1[nH]nc(C(=O)NCCCC(C)C)c1S(N)(=O)=O. The van der Waals surface area contributed by atoms with Crippen LogP contribution in [0.1, 0.15) is 49.8 Å². The zero-order chi connectivity index (χ0) is 15.3. The number of hydrogen-bond acceptors (Lipinski definition) is 4. The normalized spacial score (nSPS) is 11.8. The number of aryl methyl sites for hydroxylation is 1. The highest BCUT2D eigenvalue weighted by atomic mass is 32.2. The smallest absolute Gasteiger partial charge is 0.273 e. The van der Waals surface area contributed by atoms with Crippen molar-refractivity contribution in [2.45, 2.75) is 44.9 Å². The van der Waals surface area contributed by atoms with Crippen LogP contribution in [0.4, 0.5) is 0 Å². The van der Waals surface area contributed by atoms with Crippen molar-refractivity contribution in [3.05, 3.63) is 11.4 Å². The molecule has 0 aromatic carbocycles. The van der Waals surface area contributed by atoms with Crippen molar-refractivity contribution in [2.75, 3.05) is 6.54 Å². The van der Waals surface area contributed by atoms with Gasteiger partial charge in [-0.2, -0.15) is 5.10 Å². The summed E-state index contributed by atoms with van der Waals surface area (Å²) in [5.41, 5.74) is 0.189. The van der Waals surface area contributed by atoms with E-state index in [0.717, 1.165) is 12.8 Å². The van der Waals surface area contributed by atoms with Crippen LogP contribution in [0.2, 0.25) is 0 Å². The second kappa shape index (κ2) is 6.85. The molecule has 0 saturated carbocycles. The molecule has 1 heterocycles. The molecule has 0 atom stereocenters. The number of nitrogens with two attached hydrogens (primary N) is 1. The van der Waals surface area contributed by atoms with E-state index in [1.54, 1.807) is 6.92 Å². The van der Waals surface area contributed by atoms with Crippen LogP contribution in [-0.2, 0) is 16.4 Å². The maximum absolute atomic E-state index is 12.0. The van der Waals surface area contributed by atoms with Crippen molar-refractivity contribution < 1.29 is 13.2 Å². The Labute approximate surface area is 119 Å². The molecular formula is C12H22N4O3S. The van der Waals surface area contributed by atoms with E-state index in [9.17, 15) is 13.2 Å². The predicted molar refractivity (Wildman–Crippen MR) is 75.7 cm³/mol. The van der Waals surface area contributed by atoms with Crippen molar-refractivity contribution in [1.29, 1.82) is 0 Å². The highest BCUT2D eigenvalue weighted by Gasteiger charge is 2.26.